The molecule has 0 heterocycles. The number of hydrogen-bond donors (Lipinski definition) is 2. The molecule has 0 bridgehead atoms. The molecular weight excluding hydrogens is 286 g/mol. The predicted octanol–water partition coefficient (Wildman–Crippen LogP) is 2.21. The van der Waals surface area contributed by atoms with Gasteiger partial charge in [-0.05, 0) is 45.4 Å². The molecule has 22 heavy (non-hydrogen) atoms. The van der Waals surface area contributed by atoms with E-state index in [0.29, 0.717) is 11.1 Å². The monoisotopic (exact) mass is 309 g/mol. The van der Waals surface area contributed by atoms with Crippen LogP contribution in [0.1, 0.15) is 43.6 Å². The van der Waals surface area contributed by atoms with Gasteiger partial charge < -0.3 is 19.9 Å². The smallest absolute Gasteiger partial charge is 0.408 e. The van der Waals surface area contributed by atoms with Crippen molar-refractivity contribution in [2.45, 2.75) is 38.8 Å². The van der Waals surface area contributed by atoms with Crippen LogP contribution in [0.5, 0.6) is 0 Å². The molecule has 6 nitrogen and oxygen atoms in total. The Morgan fingerprint density at radius 2 is 1.86 bits per heavy atom. The van der Waals surface area contributed by atoms with Crippen molar-refractivity contribution < 1.29 is 24.2 Å². The molecule has 0 aliphatic heterocycles. The van der Waals surface area contributed by atoms with E-state index in [0.717, 1.165) is 0 Å². The minimum atomic E-state index is -1.08. The van der Waals surface area contributed by atoms with E-state index in [-0.39, 0.29) is 6.61 Å². The highest BCUT2D eigenvalue weighted by Gasteiger charge is 2.30. The second-order valence-corrected chi connectivity index (χ2v) is 6.19. The van der Waals surface area contributed by atoms with E-state index in [1.165, 1.54) is 7.11 Å². The summed E-state index contributed by atoms with van der Waals surface area (Å²) in [6.45, 7) is 6.55. The maximum Gasteiger partial charge on any atom is 0.408 e. The number of benzene rings is 1. The van der Waals surface area contributed by atoms with Crippen LogP contribution in [-0.4, -0.2) is 36.5 Å². The number of hydrogen-bond acceptors (Lipinski definition) is 5. The molecule has 2 N–H and O–H groups in total. The number of rotatable bonds is 4. The number of methoxy groups -OCH3 is 1. The lowest BCUT2D eigenvalue weighted by Gasteiger charge is -2.31. The SMILES string of the molecule is COC(=O)c1cccc(C(C)(CO)NC(=O)OC(C)(C)C)c1. The van der Waals surface area contributed by atoms with Gasteiger partial charge in [0.1, 0.15) is 5.60 Å². The molecule has 1 aromatic rings. The van der Waals surface area contributed by atoms with Crippen LogP contribution in [0.3, 0.4) is 0 Å². The van der Waals surface area contributed by atoms with Crippen molar-refractivity contribution in [3.05, 3.63) is 35.4 Å². The van der Waals surface area contributed by atoms with Gasteiger partial charge in [-0.2, -0.15) is 0 Å². The minimum Gasteiger partial charge on any atom is -0.465 e. The summed E-state index contributed by atoms with van der Waals surface area (Å²) in [5, 5.41) is 12.3. The lowest BCUT2D eigenvalue weighted by atomic mass is 9.91. The molecule has 0 radical (unpaired) electrons. The maximum atomic E-state index is 11.9. The van der Waals surface area contributed by atoms with Crippen molar-refractivity contribution in [1.82, 2.24) is 5.32 Å². The van der Waals surface area contributed by atoms with Gasteiger partial charge in [0, 0.05) is 0 Å². The number of aliphatic hydroxyl groups excluding tert-OH is 1. The van der Waals surface area contributed by atoms with Gasteiger partial charge in [-0.3, -0.25) is 0 Å². The maximum absolute atomic E-state index is 11.9. The number of carbonyl (C=O) groups is 2. The topological polar surface area (TPSA) is 84.9 Å². The number of carbonyl (C=O) groups excluding carboxylic acids is 2. The van der Waals surface area contributed by atoms with Gasteiger partial charge >= 0.3 is 12.1 Å². The van der Waals surface area contributed by atoms with E-state index in [1.54, 1.807) is 52.0 Å². The molecule has 0 aliphatic rings. The van der Waals surface area contributed by atoms with Gasteiger partial charge in [0.25, 0.3) is 0 Å². The molecule has 1 unspecified atom stereocenters. The third kappa shape index (κ3) is 4.73. The fourth-order valence-corrected chi connectivity index (χ4v) is 1.84. The second-order valence-electron chi connectivity index (χ2n) is 6.19. The third-order valence-electron chi connectivity index (χ3n) is 3.01. The standard InChI is InChI=1S/C16H23NO5/c1-15(2,3)22-14(20)17-16(4,10-18)12-8-6-7-11(9-12)13(19)21-5/h6-9,18H,10H2,1-5H3,(H,17,20). The first kappa shape index (κ1) is 18.0. The third-order valence-corrected chi connectivity index (χ3v) is 3.01. The largest absolute Gasteiger partial charge is 0.465 e. The Balaban J connectivity index is 3.03. The molecular formula is C16H23NO5. The van der Waals surface area contributed by atoms with Crippen LogP contribution < -0.4 is 5.32 Å². The van der Waals surface area contributed by atoms with Crippen LogP contribution in [0.25, 0.3) is 0 Å². The van der Waals surface area contributed by atoms with Gasteiger partial charge in [0.05, 0.1) is 24.8 Å². The summed E-state index contributed by atoms with van der Waals surface area (Å²) in [5.74, 6) is -0.487. The fraction of sp³-hybridized carbons (Fsp3) is 0.500. The first-order chi connectivity index (χ1) is 10.1. The Morgan fingerprint density at radius 1 is 1.23 bits per heavy atom. The summed E-state index contributed by atoms with van der Waals surface area (Å²) in [5.41, 5.74) is -0.810. The summed E-state index contributed by atoms with van der Waals surface area (Å²) in [6, 6.07) is 6.53. The normalized spacial score (nSPS) is 13.9. The number of alkyl carbamates (subject to hydrolysis) is 1. The number of aliphatic hydroxyl groups is 1. The summed E-state index contributed by atoms with van der Waals surface area (Å²) in [4.78, 5) is 23.5. The second kappa shape index (κ2) is 6.79. The molecule has 1 amide bonds. The predicted molar refractivity (Wildman–Crippen MR) is 81.6 cm³/mol. The van der Waals surface area contributed by atoms with Gasteiger partial charge in [-0.1, -0.05) is 12.1 Å². The zero-order chi connectivity index (χ0) is 17.0. The van der Waals surface area contributed by atoms with Crippen molar-refractivity contribution in [3.8, 4) is 0 Å². The Kier molecular flexibility index (Phi) is 5.54. The molecule has 0 saturated heterocycles. The van der Waals surface area contributed by atoms with Crippen molar-refractivity contribution >= 4 is 12.1 Å². The highest BCUT2D eigenvalue weighted by atomic mass is 16.6. The molecule has 0 fully saturated rings. The summed E-state index contributed by atoms with van der Waals surface area (Å²) in [6.07, 6.45) is -0.646. The van der Waals surface area contributed by atoms with Crippen LogP contribution in [0, 0.1) is 0 Å². The molecule has 0 spiro atoms. The van der Waals surface area contributed by atoms with Gasteiger partial charge in [0.15, 0.2) is 0 Å². The van der Waals surface area contributed by atoms with E-state index in [4.69, 9.17) is 4.74 Å². The van der Waals surface area contributed by atoms with Crippen molar-refractivity contribution in [1.29, 1.82) is 0 Å². The van der Waals surface area contributed by atoms with E-state index < -0.39 is 23.2 Å². The Morgan fingerprint density at radius 3 is 2.36 bits per heavy atom. The van der Waals surface area contributed by atoms with Gasteiger partial charge in [-0.25, -0.2) is 9.59 Å². The molecule has 0 aromatic heterocycles. The fourth-order valence-electron chi connectivity index (χ4n) is 1.84. The molecule has 1 rings (SSSR count). The minimum absolute atomic E-state index is 0.339. The number of amides is 1. The van der Waals surface area contributed by atoms with Crippen LogP contribution in [0.4, 0.5) is 4.79 Å². The molecule has 122 valence electrons. The van der Waals surface area contributed by atoms with Crippen LogP contribution in [0.2, 0.25) is 0 Å². The van der Waals surface area contributed by atoms with Crippen LogP contribution in [0.15, 0.2) is 24.3 Å². The zero-order valence-electron chi connectivity index (χ0n) is 13.6. The molecule has 6 heteroatoms. The van der Waals surface area contributed by atoms with Crippen molar-refractivity contribution in [3.63, 3.8) is 0 Å². The van der Waals surface area contributed by atoms with E-state index in [1.807, 2.05) is 0 Å². The number of ether oxygens (including phenoxy) is 2. The van der Waals surface area contributed by atoms with E-state index in [9.17, 15) is 14.7 Å². The highest BCUT2D eigenvalue weighted by molar-refractivity contribution is 5.89. The Bertz CT molecular complexity index is 550. The number of esters is 1. The quantitative estimate of drug-likeness (QED) is 0.833. The molecule has 0 aliphatic carbocycles. The van der Waals surface area contributed by atoms with Gasteiger partial charge in [-0.15, -0.1) is 0 Å². The molecule has 1 atom stereocenters. The molecule has 1 aromatic carbocycles. The summed E-state index contributed by atoms with van der Waals surface area (Å²) < 4.78 is 9.87. The first-order valence-electron chi connectivity index (χ1n) is 6.92. The van der Waals surface area contributed by atoms with E-state index in [2.05, 4.69) is 10.1 Å². The van der Waals surface area contributed by atoms with Crippen molar-refractivity contribution in [2.24, 2.45) is 0 Å². The summed E-state index contributed by atoms with van der Waals surface area (Å²) in [7, 11) is 1.29. The van der Waals surface area contributed by atoms with Crippen LogP contribution in [-0.2, 0) is 15.0 Å². The Labute approximate surface area is 130 Å². The number of nitrogens with one attached hydrogen (secondary N) is 1. The first-order valence-corrected chi connectivity index (χ1v) is 6.92. The van der Waals surface area contributed by atoms with Gasteiger partial charge in [0.2, 0.25) is 0 Å². The van der Waals surface area contributed by atoms with Crippen LogP contribution >= 0.6 is 0 Å². The van der Waals surface area contributed by atoms with E-state index >= 15 is 0 Å². The average Bonchev–Trinajstić information content (AvgIpc) is 2.44. The lowest BCUT2D eigenvalue weighted by Crippen LogP contribution is -2.48. The lowest BCUT2D eigenvalue weighted by molar-refractivity contribution is 0.0411. The average molecular weight is 309 g/mol. The van der Waals surface area contributed by atoms with Crippen molar-refractivity contribution in [2.75, 3.05) is 13.7 Å². The Hall–Kier alpha value is -2.08. The summed E-state index contributed by atoms with van der Waals surface area (Å²) >= 11 is 0. The molecule has 0 saturated carbocycles. The highest BCUT2D eigenvalue weighted by Crippen LogP contribution is 2.22. The zero-order valence-corrected chi connectivity index (χ0v) is 13.6.